The van der Waals surface area contributed by atoms with Crippen LogP contribution in [0.25, 0.3) is 0 Å². The number of alkyl carbamates (subject to hydrolysis) is 1. The number of ether oxygens (including phenoxy) is 1. The van der Waals surface area contributed by atoms with Crippen molar-refractivity contribution < 1.29 is 28.4 Å². The Morgan fingerprint density at radius 1 is 1.08 bits per heavy atom. The van der Waals surface area contributed by atoms with Gasteiger partial charge in [-0.25, -0.2) is 9.18 Å². The zero-order chi connectivity index (χ0) is 17.9. The summed E-state index contributed by atoms with van der Waals surface area (Å²) in [5.74, 6) is -1.07. The summed E-state index contributed by atoms with van der Waals surface area (Å²) in [6.07, 6.45) is -0.793. The molecule has 1 aromatic carbocycles. The first-order valence-corrected chi connectivity index (χ1v) is 7.75. The van der Waals surface area contributed by atoms with Crippen molar-refractivity contribution in [3.63, 3.8) is 0 Å². The third-order valence-electron chi connectivity index (χ3n) is 3.24. The lowest BCUT2D eigenvalue weighted by atomic mass is 10.2. The lowest BCUT2D eigenvalue weighted by Gasteiger charge is -2.16. The van der Waals surface area contributed by atoms with E-state index in [4.69, 9.17) is 0 Å². The van der Waals surface area contributed by atoms with Crippen molar-refractivity contribution in [3.05, 3.63) is 35.6 Å². The van der Waals surface area contributed by atoms with Gasteiger partial charge in [-0.3, -0.25) is 14.9 Å². The van der Waals surface area contributed by atoms with E-state index in [2.05, 4.69) is 15.4 Å². The van der Waals surface area contributed by atoms with E-state index < -0.39 is 12.0 Å². The second kappa shape index (κ2) is 10.3. The molecule has 3 amide bonds. The molecule has 7 nitrogen and oxygen atoms in total. The second-order valence-corrected chi connectivity index (χ2v) is 5.13. The van der Waals surface area contributed by atoms with Gasteiger partial charge in [-0.15, -0.1) is 0 Å². The van der Waals surface area contributed by atoms with Crippen LogP contribution >= 0.6 is 0 Å². The molecule has 1 unspecified atom stereocenters. The van der Waals surface area contributed by atoms with Crippen LogP contribution in [0.3, 0.4) is 0 Å². The summed E-state index contributed by atoms with van der Waals surface area (Å²) < 4.78 is 17.4. The third kappa shape index (κ3) is 7.68. The molecule has 8 heteroatoms. The van der Waals surface area contributed by atoms with Gasteiger partial charge in [-0.1, -0.05) is 12.1 Å². The van der Waals surface area contributed by atoms with E-state index >= 15 is 0 Å². The lowest BCUT2D eigenvalue weighted by Crippen LogP contribution is -3.14. The van der Waals surface area contributed by atoms with Crippen LogP contribution < -0.4 is 15.5 Å². The maximum Gasteiger partial charge on any atom is 0.414 e. The van der Waals surface area contributed by atoms with Crippen LogP contribution in [0.5, 0.6) is 0 Å². The quantitative estimate of drug-likeness (QED) is 0.602. The number of benzene rings is 1. The smallest absolute Gasteiger partial charge is 0.414 e. The van der Waals surface area contributed by atoms with Gasteiger partial charge in [0.1, 0.15) is 5.82 Å². The fraction of sp³-hybridized carbons (Fsp3) is 0.438. The molecule has 0 spiro atoms. The van der Waals surface area contributed by atoms with Gasteiger partial charge < -0.3 is 15.0 Å². The molecule has 24 heavy (non-hydrogen) atoms. The summed E-state index contributed by atoms with van der Waals surface area (Å²) in [6.45, 7) is 4.55. The fourth-order valence-electron chi connectivity index (χ4n) is 1.96. The molecule has 0 saturated heterocycles. The van der Waals surface area contributed by atoms with Crippen molar-refractivity contribution in [2.24, 2.45) is 0 Å². The molecule has 0 bridgehead atoms. The standard InChI is InChI=1S/C16H22FN3O4/c1-3-20(11-15(22)19-16(23)24-4-2)10-14(21)18-9-12-5-7-13(17)8-6-12/h5-8H,3-4,9-11H2,1-2H3,(H,18,21)(H,19,22,23)/p+1. The number of hydrogen-bond donors (Lipinski definition) is 3. The first kappa shape index (κ1) is 19.6. The Morgan fingerprint density at radius 2 is 1.71 bits per heavy atom. The molecule has 1 rings (SSSR count). The summed E-state index contributed by atoms with van der Waals surface area (Å²) in [5.41, 5.74) is 0.780. The highest BCUT2D eigenvalue weighted by Gasteiger charge is 2.18. The van der Waals surface area contributed by atoms with Crippen molar-refractivity contribution in [2.75, 3.05) is 26.2 Å². The zero-order valence-electron chi connectivity index (χ0n) is 13.9. The van der Waals surface area contributed by atoms with E-state index in [1.165, 1.54) is 12.1 Å². The first-order valence-electron chi connectivity index (χ1n) is 7.75. The molecule has 0 fully saturated rings. The highest BCUT2D eigenvalue weighted by atomic mass is 19.1. The molecule has 132 valence electrons. The van der Waals surface area contributed by atoms with Gasteiger partial charge in [-0.05, 0) is 31.5 Å². The summed E-state index contributed by atoms with van der Waals surface area (Å²) >= 11 is 0. The number of halogens is 1. The van der Waals surface area contributed by atoms with Crippen LogP contribution in [0.1, 0.15) is 19.4 Å². The Balaban J connectivity index is 2.37. The molecule has 1 aromatic rings. The van der Waals surface area contributed by atoms with E-state index in [0.717, 1.165) is 5.56 Å². The fourth-order valence-corrected chi connectivity index (χ4v) is 1.96. The van der Waals surface area contributed by atoms with E-state index in [0.29, 0.717) is 11.4 Å². The molecule has 0 aliphatic heterocycles. The van der Waals surface area contributed by atoms with Crippen LogP contribution in [-0.2, 0) is 20.9 Å². The van der Waals surface area contributed by atoms with Crippen LogP contribution in [-0.4, -0.2) is 44.1 Å². The van der Waals surface area contributed by atoms with E-state index in [-0.39, 0.29) is 38.0 Å². The number of carbonyl (C=O) groups is 3. The Hall–Kier alpha value is -2.48. The van der Waals surface area contributed by atoms with Crippen LogP contribution in [0.4, 0.5) is 9.18 Å². The highest BCUT2D eigenvalue weighted by Crippen LogP contribution is 2.01. The predicted octanol–water partition coefficient (Wildman–Crippen LogP) is -0.381. The average molecular weight is 340 g/mol. The Kier molecular flexibility index (Phi) is 8.42. The zero-order valence-corrected chi connectivity index (χ0v) is 13.9. The maximum absolute atomic E-state index is 12.8. The largest absolute Gasteiger partial charge is 0.450 e. The minimum Gasteiger partial charge on any atom is -0.450 e. The van der Waals surface area contributed by atoms with Crippen molar-refractivity contribution >= 4 is 17.9 Å². The van der Waals surface area contributed by atoms with Gasteiger partial charge in [0.15, 0.2) is 13.1 Å². The lowest BCUT2D eigenvalue weighted by molar-refractivity contribution is -0.881. The Bertz CT molecular complexity index is 563. The predicted molar refractivity (Wildman–Crippen MR) is 84.6 cm³/mol. The second-order valence-electron chi connectivity index (χ2n) is 5.13. The minimum absolute atomic E-state index is 0.0146. The first-order chi connectivity index (χ1) is 11.4. The van der Waals surface area contributed by atoms with Crippen molar-refractivity contribution in [3.8, 4) is 0 Å². The summed E-state index contributed by atoms with van der Waals surface area (Å²) in [5, 5.41) is 4.81. The molecule has 0 aliphatic carbocycles. The van der Waals surface area contributed by atoms with Crippen LogP contribution in [0, 0.1) is 5.82 Å². The number of amides is 3. The number of quaternary nitrogens is 1. The number of nitrogens with one attached hydrogen (secondary N) is 3. The van der Waals surface area contributed by atoms with Gasteiger partial charge in [0.25, 0.3) is 11.8 Å². The third-order valence-corrected chi connectivity index (χ3v) is 3.24. The monoisotopic (exact) mass is 340 g/mol. The molecule has 0 saturated carbocycles. The average Bonchev–Trinajstić information content (AvgIpc) is 2.53. The van der Waals surface area contributed by atoms with E-state index in [1.54, 1.807) is 19.1 Å². The van der Waals surface area contributed by atoms with Gasteiger partial charge in [0, 0.05) is 6.54 Å². The van der Waals surface area contributed by atoms with E-state index in [1.807, 2.05) is 6.92 Å². The SMILES string of the molecule is CCOC(=O)NC(=O)C[NH+](CC)CC(=O)NCc1ccc(F)cc1. The maximum atomic E-state index is 12.8. The van der Waals surface area contributed by atoms with Gasteiger partial charge in [-0.2, -0.15) is 0 Å². The number of rotatable bonds is 8. The number of hydrogen-bond acceptors (Lipinski definition) is 4. The summed E-state index contributed by atoms with van der Waals surface area (Å²) in [4.78, 5) is 35.5. The molecule has 1 atom stereocenters. The summed E-state index contributed by atoms with van der Waals surface area (Å²) in [6, 6.07) is 5.83. The molecule has 0 aliphatic rings. The van der Waals surface area contributed by atoms with E-state index in [9.17, 15) is 18.8 Å². The van der Waals surface area contributed by atoms with Gasteiger partial charge >= 0.3 is 6.09 Å². The number of imide groups is 1. The Morgan fingerprint density at radius 3 is 2.29 bits per heavy atom. The van der Waals surface area contributed by atoms with Gasteiger partial charge in [0.05, 0.1) is 13.2 Å². The molecule has 0 aromatic heterocycles. The topological polar surface area (TPSA) is 88.9 Å². The number of carbonyl (C=O) groups excluding carboxylic acids is 3. The van der Waals surface area contributed by atoms with Crippen molar-refractivity contribution in [1.82, 2.24) is 10.6 Å². The minimum atomic E-state index is -0.793. The Labute approximate surface area is 140 Å². The van der Waals surface area contributed by atoms with Gasteiger partial charge in [0.2, 0.25) is 0 Å². The van der Waals surface area contributed by atoms with Crippen LogP contribution in [0.15, 0.2) is 24.3 Å². The normalized spacial score (nSPS) is 11.5. The van der Waals surface area contributed by atoms with Crippen LogP contribution in [0.2, 0.25) is 0 Å². The molecule has 0 radical (unpaired) electrons. The summed E-state index contributed by atoms with van der Waals surface area (Å²) in [7, 11) is 0. The molecular weight excluding hydrogens is 317 g/mol. The molecule has 3 N–H and O–H groups in total. The molecule has 0 heterocycles. The van der Waals surface area contributed by atoms with Crippen molar-refractivity contribution in [1.29, 1.82) is 0 Å². The van der Waals surface area contributed by atoms with Crippen molar-refractivity contribution in [2.45, 2.75) is 20.4 Å². The highest BCUT2D eigenvalue weighted by molar-refractivity contribution is 5.92. The molecular formula is C16H23FN3O4+. The number of likely N-dealkylation sites (N-methyl/N-ethyl adjacent to an activating group) is 1.